The molecule has 0 fully saturated rings. The third-order valence-electron chi connectivity index (χ3n) is 1.73. The fraction of sp³-hybridized carbons (Fsp3) is 0.111. The van der Waals surface area contributed by atoms with Gasteiger partial charge in [-0.3, -0.25) is 14.9 Å². The molecule has 0 saturated heterocycles. The van der Waals surface area contributed by atoms with Crippen molar-refractivity contribution in [2.45, 2.75) is 6.42 Å². The number of nitrogens with one attached hydrogen (secondary N) is 1. The second kappa shape index (κ2) is 5.75. The van der Waals surface area contributed by atoms with E-state index in [1.807, 2.05) is 0 Å². The van der Waals surface area contributed by atoms with Crippen molar-refractivity contribution in [3.63, 3.8) is 0 Å². The summed E-state index contributed by atoms with van der Waals surface area (Å²) in [7, 11) is 0. The summed E-state index contributed by atoms with van der Waals surface area (Å²) in [5, 5.41) is 21.5. The summed E-state index contributed by atoms with van der Waals surface area (Å²) < 4.78 is 0.874. The maximum absolute atomic E-state index is 11.2. The fourth-order valence-corrected chi connectivity index (χ4v) is 2.38. The molecule has 0 radical (unpaired) electrons. The van der Waals surface area contributed by atoms with Crippen molar-refractivity contribution in [1.82, 2.24) is 0 Å². The topological polar surface area (TPSA) is 96.0 Å². The molecule has 0 aliphatic rings. The van der Waals surface area contributed by atoms with E-state index in [2.05, 4.69) is 37.2 Å². The second-order valence-corrected chi connectivity index (χ2v) is 4.69. The zero-order valence-electron chi connectivity index (χ0n) is 8.24. The number of hydrogen-bond acceptors (Lipinski definition) is 4. The average molecular weight is 363 g/mol. The van der Waals surface area contributed by atoms with Gasteiger partial charge >= 0.3 is 0 Å². The first-order chi connectivity index (χ1) is 7.95. The zero-order valence-corrected chi connectivity index (χ0v) is 11.4. The maximum atomic E-state index is 11.2. The Kier molecular flexibility index (Phi) is 4.60. The number of nitro groups is 1. The molecule has 0 aliphatic carbocycles. The summed E-state index contributed by atoms with van der Waals surface area (Å²) >= 11 is 6.23. The van der Waals surface area contributed by atoms with Gasteiger partial charge in [0.2, 0.25) is 5.91 Å². The summed E-state index contributed by atoms with van der Waals surface area (Å²) in [6.45, 7) is 0. The Bertz CT molecular complexity index is 525. The molecule has 17 heavy (non-hydrogen) atoms. The minimum atomic E-state index is -0.614. The highest BCUT2D eigenvalue weighted by atomic mass is 79.9. The van der Waals surface area contributed by atoms with E-state index in [1.54, 1.807) is 12.1 Å². The standard InChI is InChI=1S/C9H5Br2N3O3/c10-5-3-6(11)9(7(4-5)14(16)17)13-8(15)1-2-12/h3-4H,1H2,(H,13,15). The molecular weight excluding hydrogens is 358 g/mol. The van der Waals surface area contributed by atoms with Crippen LogP contribution in [0, 0.1) is 21.4 Å². The van der Waals surface area contributed by atoms with Crippen LogP contribution in [0.2, 0.25) is 0 Å². The molecular formula is C9H5Br2N3O3. The quantitative estimate of drug-likeness (QED) is 0.660. The fourth-order valence-electron chi connectivity index (χ4n) is 1.08. The van der Waals surface area contributed by atoms with Crippen molar-refractivity contribution in [2.75, 3.05) is 5.32 Å². The Balaban J connectivity index is 3.18. The maximum Gasteiger partial charge on any atom is 0.295 e. The number of carbonyl (C=O) groups excluding carboxylic acids is 1. The Labute approximate surface area is 113 Å². The summed E-state index contributed by atoms with van der Waals surface area (Å²) in [5.74, 6) is -0.598. The first kappa shape index (κ1) is 13.6. The Morgan fingerprint density at radius 3 is 2.71 bits per heavy atom. The number of halogens is 2. The highest BCUT2D eigenvalue weighted by Crippen LogP contribution is 2.35. The van der Waals surface area contributed by atoms with Gasteiger partial charge in [0.1, 0.15) is 12.1 Å². The molecule has 0 aromatic heterocycles. The van der Waals surface area contributed by atoms with Crippen LogP contribution in [0.5, 0.6) is 0 Å². The van der Waals surface area contributed by atoms with Crippen molar-refractivity contribution in [2.24, 2.45) is 0 Å². The molecule has 0 saturated carbocycles. The monoisotopic (exact) mass is 361 g/mol. The molecule has 1 rings (SSSR count). The number of nitriles is 1. The predicted octanol–water partition coefficient (Wildman–Crippen LogP) is 2.97. The van der Waals surface area contributed by atoms with Gasteiger partial charge in [0.05, 0.1) is 11.0 Å². The first-order valence-electron chi connectivity index (χ1n) is 4.26. The second-order valence-electron chi connectivity index (χ2n) is 2.92. The van der Waals surface area contributed by atoms with Gasteiger partial charge in [0, 0.05) is 15.0 Å². The molecule has 1 amide bonds. The van der Waals surface area contributed by atoms with Gasteiger partial charge in [-0.05, 0) is 22.0 Å². The van der Waals surface area contributed by atoms with Crippen LogP contribution in [-0.4, -0.2) is 10.8 Å². The molecule has 0 atom stereocenters. The molecule has 8 heteroatoms. The molecule has 0 aliphatic heterocycles. The number of nitro benzene ring substituents is 1. The first-order valence-corrected chi connectivity index (χ1v) is 5.84. The van der Waals surface area contributed by atoms with Gasteiger partial charge in [-0.25, -0.2) is 0 Å². The van der Waals surface area contributed by atoms with Crippen LogP contribution >= 0.6 is 31.9 Å². The third kappa shape index (κ3) is 3.51. The van der Waals surface area contributed by atoms with Gasteiger partial charge < -0.3 is 5.32 Å². The van der Waals surface area contributed by atoms with Crippen molar-refractivity contribution >= 4 is 49.1 Å². The third-order valence-corrected chi connectivity index (χ3v) is 2.82. The summed E-state index contributed by atoms with van der Waals surface area (Å²) in [4.78, 5) is 21.4. The lowest BCUT2D eigenvalue weighted by atomic mass is 10.2. The van der Waals surface area contributed by atoms with Crippen molar-refractivity contribution in [3.8, 4) is 6.07 Å². The molecule has 0 heterocycles. The van der Waals surface area contributed by atoms with E-state index in [4.69, 9.17) is 5.26 Å². The minimum Gasteiger partial charge on any atom is -0.319 e. The van der Waals surface area contributed by atoms with Gasteiger partial charge in [0.25, 0.3) is 5.69 Å². The van der Waals surface area contributed by atoms with E-state index in [0.29, 0.717) is 8.95 Å². The Morgan fingerprint density at radius 1 is 1.53 bits per heavy atom. The number of anilines is 1. The number of rotatable bonds is 3. The van der Waals surface area contributed by atoms with Gasteiger partial charge in [0.15, 0.2) is 0 Å². The molecule has 0 unspecified atom stereocenters. The number of hydrogen-bond donors (Lipinski definition) is 1. The number of carbonyl (C=O) groups is 1. The van der Waals surface area contributed by atoms with E-state index >= 15 is 0 Å². The average Bonchev–Trinajstić information content (AvgIpc) is 2.21. The van der Waals surface area contributed by atoms with E-state index in [-0.39, 0.29) is 17.8 Å². The zero-order chi connectivity index (χ0) is 13.0. The van der Waals surface area contributed by atoms with Crippen LogP contribution in [-0.2, 0) is 4.79 Å². The van der Waals surface area contributed by atoms with Crippen LogP contribution in [0.4, 0.5) is 11.4 Å². The normalized spacial score (nSPS) is 9.47. The number of nitrogens with zero attached hydrogens (tertiary/aromatic N) is 2. The minimum absolute atomic E-state index is 0.0402. The lowest BCUT2D eigenvalue weighted by Crippen LogP contribution is -2.12. The van der Waals surface area contributed by atoms with Gasteiger partial charge in [-0.2, -0.15) is 5.26 Å². The smallest absolute Gasteiger partial charge is 0.295 e. The molecule has 1 aromatic rings. The van der Waals surface area contributed by atoms with Crippen LogP contribution in [0.15, 0.2) is 21.1 Å². The lowest BCUT2D eigenvalue weighted by molar-refractivity contribution is -0.384. The molecule has 0 bridgehead atoms. The van der Waals surface area contributed by atoms with E-state index in [0.717, 1.165) is 0 Å². The summed E-state index contributed by atoms with van der Waals surface area (Å²) in [6.07, 6.45) is -0.361. The van der Waals surface area contributed by atoms with E-state index in [9.17, 15) is 14.9 Å². The molecule has 1 N–H and O–H groups in total. The van der Waals surface area contributed by atoms with Gasteiger partial charge in [-0.1, -0.05) is 15.9 Å². The largest absolute Gasteiger partial charge is 0.319 e. The van der Waals surface area contributed by atoms with Crippen molar-refractivity contribution in [3.05, 3.63) is 31.2 Å². The highest BCUT2D eigenvalue weighted by Gasteiger charge is 2.19. The van der Waals surface area contributed by atoms with E-state index < -0.39 is 10.8 Å². The Hall–Kier alpha value is -1.46. The molecule has 6 nitrogen and oxygen atoms in total. The number of amides is 1. The summed E-state index contributed by atoms with van der Waals surface area (Å²) in [6, 6.07) is 4.50. The van der Waals surface area contributed by atoms with Gasteiger partial charge in [-0.15, -0.1) is 0 Å². The SMILES string of the molecule is N#CCC(=O)Nc1c(Br)cc(Br)cc1[N+](=O)[O-]. The van der Waals surface area contributed by atoms with Crippen molar-refractivity contribution < 1.29 is 9.72 Å². The Morgan fingerprint density at radius 2 is 2.18 bits per heavy atom. The number of benzene rings is 1. The highest BCUT2D eigenvalue weighted by molar-refractivity contribution is 9.11. The van der Waals surface area contributed by atoms with Crippen LogP contribution in [0.1, 0.15) is 6.42 Å². The van der Waals surface area contributed by atoms with Crippen LogP contribution < -0.4 is 5.32 Å². The van der Waals surface area contributed by atoms with E-state index in [1.165, 1.54) is 6.07 Å². The lowest BCUT2D eigenvalue weighted by Gasteiger charge is -2.07. The molecule has 1 aromatic carbocycles. The van der Waals surface area contributed by atoms with Crippen LogP contribution in [0.3, 0.4) is 0 Å². The van der Waals surface area contributed by atoms with Crippen LogP contribution in [0.25, 0.3) is 0 Å². The molecule has 88 valence electrons. The summed E-state index contributed by atoms with van der Waals surface area (Å²) in [5.41, 5.74) is -0.212. The van der Waals surface area contributed by atoms with Crippen molar-refractivity contribution in [1.29, 1.82) is 5.26 Å². The predicted molar refractivity (Wildman–Crippen MR) is 67.4 cm³/mol. The molecule has 0 spiro atoms.